The van der Waals surface area contributed by atoms with Gasteiger partial charge in [-0.05, 0) is 51.3 Å². The highest BCUT2D eigenvalue weighted by Gasteiger charge is 2.27. The van der Waals surface area contributed by atoms with Gasteiger partial charge in [-0.1, -0.05) is 0 Å². The molecule has 0 saturated carbocycles. The first-order valence-corrected chi connectivity index (χ1v) is 7.08. The molecule has 0 radical (unpaired) electrons. The van der Waals surface area contributed by atoms with Crippen molar-refractivity contribution < 1.29 is 0 Å². The summed E-state index contributed by atoms with van der Waals surface area (Å²) in [5.74, 6) is 0.496. The molecule has 3 rings (SSSR count). The second kappa shape index (κ2) is 4.71. The Kier molecular flexibility index (Phi) is 3.01. The second-order valence-electron chi connectivity index (χ2n) is 5.61. The fourth-order valence-corrected chi connectivity index (χ4v) is 3.20. The van der Waals surface area contributed by atoms with Crippen LogP contribution >= 0.6 is 0 Å². The molecule has 0 aliphatic carbocycles. The van der Waals surface area contributed by atoms with Gasteiger partial charge in [0.2, 0.25) is 5.95 Å². The molecule has 2 N–H and O–H groups in total. The van der Waals surface area contributed by atoms with Crippen LogP contribution in [0.5, 0.6) is 0 Å². The highest BCUT2D eigenvalue weighted by Crippen LogP contribution is 2.27. The van der Waals surface area contributed by atoms with Crippen LogP contribution in [0.2, 0.25) is 0 Å². The molecule has 0 spiro atoms. The molecule has 20 heavy (non-hydrogen) atoms. The maximum atomic E-state index is 9.08. The van der Waals surface area contributed by atoms with Crippen LogP contribution < -0.4 is 10.7 Å². The number of nitriles is 1. The zero-order valence-electron chi connectivity index (χ0n) is 11.9. The number of hydrogen-bond donors (Lipinski definition) is 1. The summed E-state index contributed by atoms with van der Waals surface area (Å²) in [6, 6.07) is 8.53. The smallest absolute Gasteiger partial charge is 0.220 e. The summed E-state index contributed by atoms with van der Waals surface area (Å²) in [5, 5.41) is 11.4. The predicted molar refractivity (Wildman–Crippen MR) is 79.9 cm³/mol. The van der Waals surface area contributed by atoms with Gasteiger partial charge in [0.25, 0.3) is 0 Å². The predicted octanol–water partition coefficient (Wildman–Crippen LogP) is 2.39. The zero-order chi connectivity index (χ0) is 14.3. The molecule has 1 saturated heterocycles. The normalized spacial score (nSPS) is 22.9. The molecule has 104 valence electrons. The third-order valence-electron chi connectivity index (χ3n) is 4.16. The molecule has 1 aromatic carbocycles. The molecule has 1 fully saturated rings. The summed E-state index contributed by atoms with van der Waals surface area (Å²) in [6.07, 6.45) is 3.55. The van der Waals surface area contributed by atoms with Gasteiger partial charge in [-0.3, -0.25) is 0 Å². The topological polar surface area (TPSA) is 70.9 Å². The molecule has 5 nitrogen and oxygen atoms in total. The number of nitrogens with zero attached hydrogens (tertiary/aromatic N) is 4. The fourth-order valence-electron chi connectivity index (χ4n) is 3.20. The third kappa shape index (κ3) is 1.88. The number of hydrogen-bond acceptors (Lipinski definition) is 4. The standard InChI is InChI=1S/C15H19N5/c1-10-4-3-5-11(2)19(10)20-14-8-12(9-16)6-7-13(14)18-15(20)17/h6-8,10-11H,3-5H2,1-2H3,(H2,17,18). The minimum Gasteiger partial charge on any atom is -0.368 e. The van der Waals surface area contributed by atoms with E-state index in [9.17, 15) is 0 Å². The number of nitrogen functional groups attached to an aromatic ring is 1. The van der Waals surface area contributed by atoms with Gasteiger partial charge in [0, 0.05) is 12.1 Å². The molecule has 1 aromatic heterocycles. The Morgan fingerprint density at radius 2 is 2.00 bits per heavy atom. The first-order valence-electron chi connectivity index (χ1n) is 7.08. The molecule has 0 amide bonds. The van der Waals surface area contributed by atoms with Gasteiger partial charge in [-0.2, -0.15) is 5.26 Å². The summed E-state index contributed by atoms with van der Waals surface area (Å²) in [5.41, 5.74) is 8.52. The van der Waals surface area contributed by atoms with Crippen molar-refractivity contribution in [2.24, 2.45) is 0 Å². The van der Waals surface area contributed by atoms with E-state index in [2.05, 4.69) is 29.9 Å². The van der Waals surface area contributed by atoms with E-state index in [0.29, 0.717) is 23.6 Å². The minimum absolute atomic E-state index is 0.421. The van der Waals surface area contributed by atoms with Gasteiger partial charge in [-0.25, -0.2) is 9.66 Å². The van der Waals surface area contributed by atoms with Crippen molar-refractivity contribution in [3.05, 3.63) is 23.8 Å². The lowest BCUT2D eigenvalue weighted by Gasteiger charge is -2.41. The van der Waals surface area contributed by atoms with E-state index in [1.165, 1.54) is 6.42 Å². The first-order chi connectivity index (χ1) is 9.61. The quantitative estimate of drug-likeness (QED) is 0.863. The average Bonchev–Trinajstić information content (AvgIpc) is 2.74. The Balaban J connectivity index is 2.19. The van der Waals surface area contributed by atoms with Crippen molar-refractivity contribution >= 4 is 17.0 Å². The van der Waals surface area contributed by atoms with E-state index >= 15 is 0 Å². The summed E-state index contributed by atoms with van der Waals surface area (Å²) in [7, 11) is 0. The van der Waals surface area contributed by atoms with Crippen molar-refractivity contribution in [1.29, 1.82) is 5.26 Å². The Bertz CT molecular complexity index is 671. The number of anilines is 1. The van der Waals surface area contributed by atoms with Crippen LogP contribution in [-0.2, 0) is 0 Å². The minimum atomic E-state index is 0.421. The fraction of sp³-hybridized carbons (Fsp3) is 0.467. The highest BCUT2D eigenvalue weighted by atomic mass is 15.6. The number of nitrogens with two attached hydrogens (primary N) is 1. The lowest BCUT2D eigenvalue weighted by atomic mass is 10.00. The van der Waals surface area contributed by atoms with E-state index in [0.717, 1.165) is 23.9 Å². The number of imidazole rings is 1. The van der Waals surface area contributed by atoms with Crippen molar-refractivity contribution in [2.45, 2.75) is 45.2 Å². The molecular formula is C15H19N5. The maximum Gasteiger partial charge on any atom is 0.220 e. The monoisotopic (exact) mass is 269 g/mol. The first kappa shape index (κ1) is 12.8. The molecule has 2 atom stereocenters. The summed E-state index contributed by atoms with van der Waals surface area (Å²) in [4.78, 5) is 4.42. The van der Waals surface area contributed by atoms with Crippen molar-refractivity contribution in [3.63, 3.8) is 0 Å². The van der Waals surface area contributed by atoms with Crippen LogP contribution in [-0.4, -0.2) is 21.7 Å². The van der Waals surface area contributed by atoms with Crippen molar-refractivity contribution in [2.75, 3.05) is 10.7 Å². The van der Waals surface area contributed by atoms with Gasteiger partial charge in [0.15, 0.2) is 0 Å². The average molecular weight is 269 g/mol. The van der Waals surface area contributed by atoms with Gasteiger partial charge < -0.3 is 10.7 Å². The lowest BCUT2D eigenvalue weighted by Crippen LogP contribution is -2.51. The van der Waals surface area contributed by atoms with Crippen LogP contribution in [0.15, 0.2) is 18.2 Å². The van der Waals surface area contributed by atoms with Crippen LogP contribution in [0.4, 0.5) is 5.95 Å². The molecule has 1 aliphatic rings. The van der Waals surface area contributed by atoms with Crippen molar-refractivity contribution in [1.82, 2.24) is 9.66 Å². The van der Waals surface area contributed by atoms with Crippen molar-refractivity contribution in [3.8, 4) is 6.07 Å². The van der Waals surface area contributed by atoms with Crippen LogP contribution in [0, 0.1) is 11.3 Å². The Hall–Kier alpha value is -2.22. The number of piperidine rings is 1. The van der Waals surface area contributed by atoms with Crippen LogP contribution in [0.25, 0.3) is 11.0 Å². The van der Waals surface area contributed by atoms with Crippen LogP contribution in [0.1, 0.15) is 38.7 Å². The molecule has 0 bridgehead atoms. The number of benzene rings is 1. The molecular weight excluding hydrogens is 250 g/mol. The maximum absolute atomic E-state index is 9.08. The van der Waals surface area contributed by atoms with E-state index in [1.807, 2.05) is 16.8 Å². The summed E-state index contributed by atoms with van der Waals surface area (Å²) < 4.78 is 1.99. The third-order valence-corrected chi connectivity index (χ3v) is 4.16. The van der Waals surface area contributed by atoms with E-state index in [1.54, 1.807) is 6.07 Å². The molecule has 1 aliphatic heterocycles. The number of rotatable bonds is 1. The van der Waals surface area contributed by atoms with Gasteiger partial charge in [-0.15, -0.1) is 0 Å². The van der Waals surface area contributed by atoms with Crippen LogP contribution in [0.3, 0.4) is 0 Å². The van der Waals surface area contributed by atoms with Gasteiger partial charge >= 0.3 is 0 Å². The second-order valence-corrected chi connectivity index (χ2v) is 5.61. The zero-order valence-corrected chi connectivity index (χ0v) is 11.9. The van der Waals surface area contributed by atoms with E-state index < -0.39 is 0 Å². The molecule has 2 unspecified atom stereocenters. The van der Waals surface area contributed by atoms with Gasteiger partial charge in [0.05, 0.1) is 22.7 Å². The van der Waals surface area contributed by atoms with Gasteiger partial charge in [0.1, 0.15) is 0 Å². The summed E-state index contributed by atoms with van der Waals surface area (Å²) >= 11 is 0. The molecule has 2 heterocycles. The van der Waals surface area contributed by atoms with E-state index in [4.69, 9.17) is 11.0 Å². The largest absolute Gasteiger partial charge is 0.368 e. The lowest BCUT2D eigenvalue weighted by molar-refractivity contribution is 0.343. The number of aromatic nitrogens is 2. The summed E-state index contributed by atoms with van der Waals surface area (Å²) in [6.45, 7) is 4.43. The van der Waals surface area contributed by atoms with E-state index in [-0.39, 0.29) is 0 Å². The SMILES string of the molecule is CC1CCCC(C)N1n1c(N)nc2ccc(C#N)cc21. The Labute approximate surface area is 118 Å². The highest BCUT2D eigenvalue weighted by molar-refractivity contribution is 5.80. The molecule has 5 heteroatoms. The molecule has 2 aromatic rings. The number of fused-ring (bicyclic) bond motifs is 1. The Morgan fingerprint density at radius 1 is 1.30 bits per heavy atom. The Morgan fingerprint density at radius 3 is 2.65 bits per heavy atom.